The summed E-state index contributed by atoms with van der Waals surface area (Å²) in [6.07, 6.45) is 5.07. The molecule has 1 aromatic heterocycles. The summed E-state index contributed by atoms with van der Waals surface area (Å²) < 4.78 is 3.88. The second-order valence-corrected chi connectivity index (χ2v) is 2.14. The Morgan fingerprint density at radius 3 is 3.12 bits per heavy atom. The van der Waals surface area contributed by atoms with E-state index in [0.717, 1.165) is 4.88 Å². The van der Waals surface area contributed by atoms with Crippen LogP contribution >= 0.6 is 11.5 Å². The maximum atomic E-state index is 5.12. The first-order valence-electron chi connectivity index (χ1n) is 2.22. The fraction of sp³-hybridized carbons (Fsp3) is 0. The van der Waals surface area contributed by atoms with Gasteiger partial charge in [-0.15, -0.1) is 0 Å². The van der Waals surface area contributed by atoms with E-state index in [4.69, 9.17) is 5.73 Å². The number of nitrogens with zero attached hydrogens (tertiary/aromatic N) is 1. The van der Waals surface area contributed by atoms with Crippen LogP contribution in [0.15, 0.2) is 18.5 Å². The van der Waals surface area contributed by atoms with Crippen LogP contribution in [-0.2, 0) is 0 Å². The molecule has 0 fully saturated rings. The van der Waals surface area contributed by atoms with Crippen LogP contribution in [0.3, 0.4) is 0 Å². The van der Waals surface area contributed by atoms with Gasteiger partial charge in [0.15, 0.2) is 0 Å². The maximum absolute atomic E-state index is 5.12. The number of hydrogen-bond acceptors (Lipinski definition) is 3. The van der Waals surface area contributed by atoms with Gasteiger partial charge in [-0.1, -0.05) is 0 Å². The van der Waals surface area contributed by atoms with Crippen LogP contribution < -0.4 is 5.73 Å². The molecule has 8 heavy (non-hydrogen) atoms. The lowest BCUT2D eigenvalue weighted by molar-refractivity contribution is 1.58. The van der Waals surface area contributed by atoms with Crippen molar-refractivity contribution in [2.75, 3.05) is 0 Å². The second kappa shape index (κ2) is 2.47. The Kier molecular flexibility index (Phi) is 1.64. The summed E-state index contributed by atoms with van der Waals surface area (Å²) >= 11 is 1.43. The van der Waals surface area contributed by atoms with Crippen molar-refractivity contribution in [1.29, 1.82) is 0 Å². The van der Waals surface area contributed by atoms with E-state index in [-0.39, 0.29) is 0 Å². The van der Waals surface area contributed by atoms with Crippen molar-refractivity contribution in [2.24, 2.45) is 5.73 Å². The van der Waals surface area contributed by atoms with Crippen molar-refractivity contribution in [3.05, 3.63) is 23.3 Å². The molecule has 0 unspecified atom stereocenters. The fourth-order valence-electron chi connectivity index (χ4n) is 0.406. The van der Waals surface area contributed by atoms with E-state index in [0.29, 0.717) is 0 Å². The minimum Gasteiger partial charge on any atom is -0.405 e. The Hall–Kier alpha value is -0.830. The van der Waals surface area contributed by atoms with E-state index >= 15 is 0 Å². The molecule has 2 N–H and O–H groups in total. The van der Waals surface area contributed by atoms with Gasteiger partial charge in [0.1, 0.15) is 0 Å². The molecule has 0 aliphatic rings. The molecule has 0 atom stereocenters. The number of rotatable bonds is 1. The molecule has 42 valence electrons. The van der Waals surface area contributed by atoms with Crippen LogP contribution in [0.25, 0.3) is 6.08 Å². The molecular formula is C5H6N2S. The summed E-state index contributed by atoms with van der Waals surface area (Å²) in [5.41, 5.74) is 5.12. The Morgan fingerprint density at radius 1 is 1.75 bits per heavy atom. The van der Waals surface area contributed by atoms with Crippen LogP contribution in [0.1, 0.15) is 4.88 Å². The quantitative estimate of drug-likeness (QED) is 0.611. The van der Waals surface area contributed by atoms with E-state index in [9.17, 15) is 0 Å². The van der Waals surface area contributed by atoms with Crippen molar-refractivity contribution < 1.29 is 0 Å². The molecule has 1 rings (SSSR count). The molecule has 2 nitrogen and oxygen atoms in total. The topological polar surface area (TPSA) is 38.9 Å². The predicted octanol–water partition coefficient (Wildman–Crippen LogP) is 1.07. The molecule has 1 heterocycles. The Bertz CT molecular complexity index is 167. The van der Waals surface area contributed by atoms with Crippen LogP contribution in [0.5, 0.6) is 0 Å². The smallest absolute Gasteiger partial charge is 0.0491 e. The summed E-state index contributed by atoms with van der Waals surface area (Å²) in [6, 6.07) is 1.91. The summed E-state index contributed by atoms with van der Waals surface area (Å²) in [5.74, 6) is 0. The Balaban J connectivity index is 2.77. The summed E-state index contributed by atoms with van der Waals surface area (Å²) in [4.78, 5) is 1.09. The van der Waals surface area contributed by atoms with Crippen molar-refractivity contribution in [3.63, 3.8) is 0 Å². The predicted molar refractivity (Wildman–Crippen MR) is 35.3 cm³/mol. The summed E-state index contributed by atoms with van der Waals surface area (Å²) in [7, 11) is 0. The third-order valence-electron chi connectivity index (χ3n) is 0.718. The highest BCUT2D eigenvalue weighted by Gasteiger charge is 1.82. The van der Waals surface area contributed by atoms with E-state index < -0.39 is 0 Å². The molecule has 0 amide bonds. The van der Waals surface area contributed by atoms with Gasteiger partial charge >= 0.3 is 0 Å². The zero-order valence-electron chi connectivity index (χ0n) is 4.24. The lowest BCUT2D eigenvalue weighted by Crippen LogP contribution is -1.72. The highest BCUT2D eigenvalue weighted by atomic mass is 32.1. The average molecular weight is 126 g/mol. The van der Waals surface area contributed by atoms with Gasteiger partial charge in [0, 0.05) is 11.1 Å². The SMILES string of the molecule is N/C=C\c1ccns1. The van der Waals surface area contributed by atoms with Crippen molar-refractivity contribution in [3.8, 4) is 0 Å². The van der Waals surface area contributed by atoms with E-state index in [2.05, 4.69) is 4.37 Å². The fourth-order valence-corrected chi connectivity index (χ4v) is 0.911. The zero-order chi connectivity index (χ0) is 5.82. The molecule has 0 saturated heterocycles. The third kappa shape index (κ3) is 1.07. The molecule has 0 saturated carbocycles. The van der Waals surface area contributed by atoms with E-state index in [1.54, 1.807) is 6.20 Å². The summed E-state index contributed by atoms with van der Waals surface area (Å²) in [6.45, 7) is 0. The molecule has 3 heteroatoms. The summed E-state index contributed by atoms with van der Waals surface area (Å²) in [5, 5.41) is 0. The van der Waals surface area contributed by atoms with Gasteiger partial charge in [-0.05, 0) is 29.9 Å². The van der Waals surface area contributed by atoms with Crippen molar-refractivity contribution in [1.82, 2.24) is 4.37 Å². The molecule has 0 spiro atoms. The van der Waals surface area contributed by atoms with Crippen LogP contribution in [0, 0.1) is 0 Å². The maximum Gasteiger partial charge on any atom is 0.0491 e. The first-order chi connectivity index (χ1) is 3.93. The standard InChI is InChI=1S/C5H6N2S/c6-3-1-5-2-4-7-8-5/h1-4H,6H2/b3-1-. The zero-order valence-corrected chi connectivity index (χ0v) is 5.06. The highest BCUT2D eigenvalue weighted by Crippen LogP contribution is 2.04. The van der Waals surface area contributed by atoms with Crippen LogP contribution in [-0.4, -0.2) is 4.37 Å². The van der Waals surface area contributed by atoms with Crippen molar-refractivity contribution in [2.45, 2.75) is 0 Å². The largest absolute Gasteiger partial charge is 0.405 e. The molecule has 0 bridgehead atoms. The molecule has 1 aromatic rings. The Labute approximate surface area is 51.8 Å². The number of hydrogen-bond donors (Lipinski definition) is 1. The third-order valence-corrected chi connectivity index (χ3v) is 1.43. The van der Waals surface area contributed by atoms with Crippen LogP contribution in [0.4, 0.5) is 0 Å². The number of aromatic nitrogens is 1. The molecular weight excluding hydrogens is 120 g/mol. The molecule has 0 radical (unpaired) electrons. The van der Waals surface area contributed by atoms with Gasteiger partial charge < -0.3 is 5.73 Å². The van der Waals surface area contributed by atoms with Gasteiger partial charge in [0.2, 0.25) is 0 Å². The molecule has 0 aliphatic heterocycles. The minimum atomic E-state index is 1.09. The number of nitrogens with two attached hydrogens (primary N) is 1. The average Bonchev–Trinajstić information content (AvgIpc) is 2.19. The lowest BCUT2D eigenvalue weighted by atomic mass is 10.5. The van der Waals surface area contributed by atoms with E-state index in [1.807, 2.05) is 12.1 Å². The van der Waals surface area contributed by atoms with E-state index in [1.165, 1.54) is 17.7 Å². The first-order valence-corrected chi connectivity index (χ1v) is 3.00. The minimum absolute atomic E-state index is 1.09. The monoisotopic (exact) mass is 126 g/mol. The lowest BCUT2D eigenvalue weighted by Gasteiger charge is -1.73. The van der Waals surface area contributed by atoms with Gasteiger partial charge in [-0.3, -0.25) is 0 Å². The molecule has 0 aliphatic carbocycles. The Morgan fingerprint density at radius 2 is 2.62 bits per heavy atom. The van der Waals surface area contributed by atoms with Crippen LogP contribution in [0.2, 0.25) is 0 Å². The highest BCUT2D eigenvalue weighted by molar-refractivity contribution is 7.06. The van der Waals surface area contributed by atoms with Crippen molar-refractivity contribution >= 4 is 17.6 Å². The van der Waals surface area contributed by atoms with Gasteiger partial charge in [0.05, 0.1) is 0 Å². The second-order valence-electron chi connectivity index (χ2n) is 1.27. The normalized spacial score (nSPS) is 10.5. The first kappa shape index (κ1) is 5.31. The van der Waals surface area contributed by atoms with Gasteiger partial charge in [-0.25, -0.2) is 4.37 Å². The molecule has 0 aromatic carbocycles. The van der Waals surface area contributed by atoms with Gasteiger partial charge in [0.25, 0.3) is 0 Å². The van der Waals surface area contributed by atoms with Gasteiger partial charge in [-0.2, -0.15) is 0 Å².